The second-order valence-corrected chi connectivity index (χ2v) is 2.36. The van der Waals surface area contributed by atoms with Crippen LogP contribution in [0.5, 0.6) is 0 Å². The summed E-state index contributed by atoms with van der Waals surface area (Å²) in [5.41, 5.74) is 0. The van der Waals surface area contributed by atoms with Crippen LogP contribution in [0.3, 0.4) is 0 Å². The average molecular weight is 176 g/mol. The molecule has 0 unspecified atom stereocenters. The molecule has 0 radical (unpaired) electrons. The summed E-state index contributed by atoms with van der Waals surface area (Å²) in [5, 5.41) is 6.99. The molecule has 0 aliphatic carbocycles. The van der Waals surface area contributed by atoms with Gasteiger partial charge in [-0.15, -0.1) is 0 Å². The van der Waals surface area contributed by atoms with E-state index in [1.54, 1.807) is 23.3 Å². The van der Waals surface area contributed by atoms with Crippen LogP contribution >= 0.6 is 0 Å². The predicted molar refractivity (Wildman–Crippen MR) is 45.7 cm³/mol. The first-order valence-electron chi connectivity index (χ1n) is 3.77. The standard InChI is InChI=1S/C7H8N6/c1-2-8-3-10-7(1)11-6-13-5-9-4-12-13/h1-5H,6H2,(H,8,10,11). The maximum absolute atomic E-state index is 3.99. The van der Waals surface area contributed by atoms with Gasteiger partial charge in [-0.2, -0.15) is 5.10 Å². The quantitative estimate of drug-likeness (QED) is 0.720. The van der Waals surface area contributed by atoms with E-state index in [9.17, 15) is 0 Å². The Morgan fingerprint density at radius 1 is 1.31 bits per heavy atom. The maximum Gasteiger partial charge on any atom is 0.137 e. The molecule has 0 aliphatic heterocycles. The van der Waals surface area contributed by atoms with Gasteiger partial charge in [-0.25, -0.2) is 19.6 Å². The van der Waals surface area contributed by atoms with Crippen molar-refractivity contribution in [3.05, 3.63) is 31.2 Å². The van der Waals surface area contributed by atoms with Crippen molar-refractivity contribution >= 4 is 5.82 Å². The molecule has 0 aromatic carbocycles. The maximum atomic E-state index is 3.99. The first-order chi connectivity index (χ1) is 6.45. The summed E-state index contributed by atoms with van der Waals surface area (Å²) in [6.45, 7) is 0.553. The lowest BCUT2D eigenvalue weighted by molar-refractivity contribution is 0.665. The van der Waals surface area contributed by atoms with Crippen molar-refractivity contribution < 1.29 is 0 Å². The minimum absolute atomic E-state index is 0.553. The van der Waals surface area contributed by atoms with Crippen molar-refractivity contribution in [1.29, 1.82) is 0 Å². The highest BCUT2D eigenvalue weighted by Gasteiger charge is 1.91. The molecule has 0 aliphatic rings. The third-order valence-corrected chi connectivity index (χ3v) is 1.47. The third kappa shape index (κ3) is 1.98. The molecule has 0 fully saturated rings. The fraction of sp³-hybridized carbons (Fsp3) is 0.143. The second-order valence-electron chi connectivity index (χ2n) is 2.36. The monoisotopic (exact) mass is 176 g/mol. The van der Waals surface area contributed by atoms with Gasteiger partial charge < -0.3 is 5.32 Å². The molecule has 6 heteroatoms. The average Bonchev–Trinajstić information content (AvgIpc) is 2.69. The molecular weight excluding hydrogens is 168 g/mol. The van der Waals surface area contributed by atoms with Crippen LogP contribution in [0, 0.1) is 0 Å². The topological polar surface area (TPSA) is 68.5 Å². The normalized spacial score (nSPS) is 9.85. The van der Waals surface area contributed by atoms with Crippen LogP contribution in [0.25, 0.3) is 0 Å². The number of hydrogen-bond donors (Lipinski definition) is 1. The highest BCUT2D eigenvalue weighted by atomic mass is 15.4. The number of anilines is 1. The van der Waals surface area contributed by atoms with Gasteiger partial charge in [0.2, 0.25) is 0 Å². The van der Waals surface area contributed by atoms with Crippen molar-refractivity contribution in [2.45, 2.75) is 6.67 Å². The molecule has 1 N–H and O–H groups in total. The first kappa shape index (κ1) is 7.66. The SMILES string of the molecule is c1cc(NCn2cncn2)ncn1. The molecule has 2 rings (SSSR count). The van der Waals surface area contributed by atoms with Crippen LogP contribution in [0.15, 0.2) is 31.2 Å². The van der Waals surface area contributed by atoms with Gasteiger partial charge in [-0.1, -0.05) is 0 Å². The van der Waals surface area contributed by atoms with E-state index < -0.39 is 0 Å². The molecule has 2 heterocycles. The van der Waals surface area contributed by atoms with Crippen molar-refractivity contribution in [3.63, 3.8) is 0 Å². The van der Waals surface area contributed by atoms with Crippen molar-refractivity contribution in [2.75, 3.05) is 5.32 Å². The van der Waals surface area contributed by atoms with Crippen LogP contribution in [0.2, 0.25) is 0 Å². The summed E-state index contributed by atoms with van der Waals surface area (Å²) in [6.07, 6.45) is 6.29. The van der Waals surface area contributed by atoms with Crippen molar-refractivity contribution in [3.8, 4) is 0 Å². The lowest BCUT2D eigenvalue weighted by Crippen LogP contribution is -2.09. The van der Waals surface area contributed by atoms with E-state index in [1.807, 2.05) is 0 Å². The molecular formula is C7H8N6. The summed E-state index contributed by atoms with van der Waals surface area (Å²) in [6, 6.07) is 1.79. The summed E-state index contributed by atoms with van der Waals surface area (Å²) < 4.78 is 1.67. The number of nitrogens with one attached hydrogen (secondary N) is 1. The van der Waals surface area contributed by atoms with Gasteiger partial charge in [0.25, 0.3) is 0 Å². The zero-order valence-corrected chi connectivity index (χ0v) is 6.83. The Balaban J connectivity index is 1.94. The molecule has 0 saturated heterocycles. The van der Waals surface area contributed by atoms with Gasteiger partial charge in [0.05, 0.1) is 0 Å². The molecule has 2 aromatic heterocycles. The number of aromatic nitrogens is 5. The van der Waals surface area contributed by atoms with E-state index in [0.29, 0.717) is 6.67 Å². The fourth-order valence-electron chi connectivity index (χ4n) is 0.872. The van der Waals surface area contributed by atoms with Gasteiger partial charge in [-0.05, 0) is 6.07 Å². The Hall–Kier alpha value is -1.98. The van der Waals surface area contributed by atoms with E-state index in [2.05, 4.69) is 25.4 Å². The summed E-state index contributed by atoms with van der Waals surface area (Å²) >= 11 is 0. The van der Waals surface area contributed by atoms with Crippen molar-refractivity contribution in [1.82, 2.24) is 24.7 Å². The van der Waals surface area contributed by atoms with Gasteiger partial charge >= 0.3 is 0 Å². The third-order valence-electron chi connectivity index (χ3n) is 1.47. The predicted octanol–water partition coefficient (Wildman–Crippen LogP) is 0.138. The van der Waals surface area contributed by atoms with E-state index >= 15 is 0 Å². The summed E-state index contributed by atoms with van der Waals surface area (Å²) in [4.78, 5) is 11.6. The molecule has 66 valence electrons. The zero-order chi connectivity index (χ0) is 8.93. The number of rotatable bonds is 3. The van der Waals surface area contributed by atoms with Gasteiger partial charge in [0.1, 0.15) is 31.5 Å². The Kier molecular flexibility index (Phi) is 2.13. The Morgan fingerprint density at radius 3 is 3.00 bits per heavy atom. The van der Waals surface area contributed by atoms with E-state index in [0.717, 1.165) is 5.82 Å². The molecule has 6 nitrogen and oxygen atoms in total. The van der Waals surface area contributed by atoms with Crippen LogP contribution in [0.4, 0.5) is 5.82 Å². The van der Waals surface area contributed by atoms with Crippen molar-refractivity contribution in [2.24, 2.45) is 0 Å². The minimum atomic E-state index is 0.553. The minimum Gasteiger partial charge on any atom is -0.351 e. The molecule has 13 heavy (non-hydrogen) atoms. The lowest BCUT2D eigenvalue weighted by Gasteiger charge is -2.03. The Labute approximate surface area is 74.7 Å². The fourth-order valence-corrected chi connectivity index (χ4v) is 0.872. The largest absolute Gasteiger partial charge is 0.351 e. The highest BCUT2D eigenvalue weighted by Crippen LogP contribution is 1.97. The Morgan fingerprint density at radius 2 is 2.31 bits per heavy atom. The van der Waals surface area contributed by atoms with Gasteiger partial charge in [-0.3, -0.25) is 0 Å². The van der Waals surface area contributed by atoms with E-state index in [4.69, 9.17) is 0 Å². The molecule has 0 bridgehead atoms. The van der Waals surface area contributed by atoms with Crippen LogP contribution in [-0.4, -0.2) is 24.7 Å². The zero-order valence-electron chi connectivity index (χ0n) is 6.83. The Bertz CT molecular complexity index is 342. The van der Waals surface area contributed by atoms with Crippen LogP contribution in [0.1, 0.15) is 0 Å². The molecule has 0 spiro atoms. The summed E-state index contributed by atoms with van der Waals surface area (Å²) in [5.74, 6) is 0.769. The molecule has 2 aromatic rings. The molecule has 0 saturated carbocycles. The lowest BCUT2D eigenvalue weighted by atomic mass is 10.6. The first-order valence-corrected chi connectivity index (χ1v) is 3.77. The summed E-state index contributed by atoms with van der Waals surface area (Å²) in [7, 11) is 0. The van der Waals surface area contributed by atoms with Crippen LogP contribution in [-0.2, 0) is 6.67 Å². The number of nitrogens with zero attached hydrogens (tertiary/aromatic N) is 5. The van der Waals surface area contributed by atoms with Gasteiger partial charge in [0, 0.05) is 6.20 Å². The van der Waals surface area contributed by atoms with Gasteiger partial charge in [0.15, 0.2) is 0 Å². The van der Waals surface area contributed by atoms with E-state index in [1.165, 1.54) is 12.7 Å². The highest BCUT2D eigenvalue weighted by molar-refractivity contribution is 5.30. The molecule has 0 amide bonds. The smallest absolute Gasteiger partial charge is 0.137 e. The number of hydrogen-bond acceptors (Lipinski definition) is 5. The second kappa shape index (κ2) is 3.61. The van der Waals surface area contributed by atoms with E-state index in [-0.39, 0.29) is 0 Å². The van der Waals surface area contributed by atoms with Crippen LogP contribution < -0.4 is 5.32 Å². The molecule has 0 atom stereocenters.